The maximum atomic E-state index is 10.7. The second kappa shape index (κ2) is 3.95. The van der Waals surface area contributed by atoms with E-state index in [1.807, 2.05) is 0 Å². The van der Waals surface area contributed by atoms with Gasteiger partial charge in [-0.3, -0.25) is 14.9 Å². The highest BCUT2D eigenvalue weighted by molar-refractivity contribution is 5.84. The number of nitro groups is 1. The Kier molecular flexibility index (Phi) is 2.89. The van der Waals surface area contributed by atoms with Gasteiger partial charge in [0, 0.05) is 0 Å². The van der Waals surface area contributed by atoms with Crippen LogP contribution in [0.15, 0.2) is 6.07 Å². The molecule has 0 heterocycles. The van der Waals surface area contributed by atoms with E-state index in [2.05, 4.69) is 0 Å². The van der Waals surface area contributed by atoms with Crippen molar-refractivity contribution in [3.05, 3.63) is 27.3 Å². The molecule has 1 aromatic rings. The average Bonchev–Trinajstić information content (AvgIpc) is 2.18. The molecule has 1 rings (SSSR count). The number of aromatic hydroxyl groups is 1. The summed E-state index contributed by atoms with van der Waals surface area (Å²) in [6.45, 7) is 1.44. The fourth-order valence-corrected chi connectivity index (χ4v) is 1.27. The summed E-state index contributed by atoms with van der Waals surface area (Å²) in [5.74, 6) is -0.435. The van der Waals surface area contributed by atoms with Crippen molar-refractivity contribution in [2.45, 2.75) is 6.92 Å². The number of aldehydes is 1. The number of methoxy groups -OCH3 is 1. The standard InChI is InChI=1S/C9H9NO5/c1-5-7(15-2)3-6(4-11)9(12)8(5)10(13)14/h3-4,12H,1-2H3. The summed E-state index contributed by atoms with van der Waals surface area (Å²) in [4.78, 5) is 20.4. The van der Waals surface area contributed by atoms with Crippen molar-refractivity contribution in [2.24, 2.45) is 0 Å². The van der Waals surface area contributed by atoms with Crippen LogP contribution in [0, 0.1) is 17.0 Å². The molecule has 1 aromatic carbocycles. The molecule has 0 saturated carbocycles. The fourth-order valence-electron chi connectivity index (χ4n) is 1.27. The number of rotatable bonds is 3. The second-order valence-corrected chi connectivity index (χ2v) is 2.87. The van der Waals surface area contributed by atoms with Gasteiger partial charge in [0.1, 0.15) is 5.75 Å². The molecule has 0 unspecified atom stereocenters. The Hall–Kier alpha value is -2.11. The molecule has 0 amide bonds. The first-order valence-electron chi connectivity index (χ1n) is 4.03. The first-order valence-corrected chi connectivity index (χ1v) is 4.03. The van der Waals surface area contributed by atoms with E-state index in [0.717, 1.165) is 0 Å². The summed E-state index contributed by atoms with van der Waals surface area (Å²) in [5.41, 5.74) is -0.480. The van der Waals surface area contributed by atoms with Gasteiger partial charge in [-0.05, 0) is 13.0 Å². The van der Waals surface area contributed by atoms with Crippen LogP contribution in [0.25, 0.3) is 0 Å². The first-order chi connectivity index (χ1) is 7.02. The summed E-state index contributed by atoms with van der Waals surface area (Å²) in [7, 11) is 1.33. The minimum atomic E-state index is -0.750. The molecule has 0 saturated heterocycles. The number of ether oxygens (including phenoxy) is 1. The van der Waals surface area contributed by atoms with Crippen LogP contribution in [0.5, 0.6) is 11.5 Å². The first kappa shape index (κ1) is 11.0. The van der Waals surface area contributed by atoms with Gasteiger partial charge in [0.25, 0.3) is 0 Å². The number of benzene rings is 1. The highest BCUT2D eigenvalue weighted by atomic mass is 16.6. The molecule has 0 fully saturated rings. The molecule has 1 N–H and O–H groups in total. The topological polar surface area (TPSA) is 89.7 Å². The van der Waals surface area contributed by atoms with Crippen LogP contribution in [0.4, 0.5) is 5.69 Å². The Morgan fingerprint density at radius 1 is 1.60 bits per heavy atom. The number of hydrogen-bond acceptors (Lipinski definition) is 5. The predicted molar refractivity (Wildman–Crippen MR) is 51.4 cm³/mol. The molecular weight excluding hydrogens is 202 g/mol. The smallest absolute Gasteiger partial charge is 0.318 e. The molecule has 0 aliphatic carbocycles. The van der Waals surface area contributed by atoms with E-state index in [-0.39, 0.29) is 16.9 Å². The number of phenols is 1. The third-order valence-corrected chi connectivity index (χ3v) is 2.04. The molecule has 80 valence electrons. The zero-order valence-corrected chi connectivity index (χ0v) is 8.18. The summed E-state index contributed by atoms with van der Waals surface area (Å²) in [6.07, 6.45) is 0.338. The molecule has 6 nitrogen and oxygen atoms in total. The molecule has 0 aliphatic rings. The summed E-state index contributed by atoms with van der Waals surface area (Å²) >= 11 is 0. The van der Waals surface area contributed by atoms with Crippen molar-refractivity contribution in [2.75, 3.05) is 7.11 Å². The third-order valence-electron chi connectivity index (χ3n) is 2.04. The number of hydrogen-bond donors (Lipinski definition) is 1. The van der Waals surface area contributed by atoms with E-state index in [1.54, 1.807) is 0 Å². The Morgan fingerprint density at radius 3 is 2.60 bits per heavy atom. The van der Waals surface area contributed by atoms with Gasteiger partial charge in [0.05, 0.1) is 23.2 Å². The molecule has 0 spiro atoms. The molecule has 0 radical (unpaired) electrons. The van der Waals surface area contributed by atoms with Crippen molar-refractivity contribution in [1.29, 1.82) is 0 Å². The van der Waals surface area contributed by atoms with Gasteiger partial charge in [-0.15, -0.1) is 0 Å². The van der Waals surface area contributed by atoms with Crippen molar-refractivity contribution in [3.8, 4) is 11.5 Å². The number of carbonyl (C=O) groups excluding carboxylic acids is 1. The van der Waals surface area contributed by atoms with Crippen LogP contribution in [0.2, 0.25) is 0 Å². The van der Waals surface area contributed by atoms with Gasteiger partial charge >= 0.3 is 5.69 Å². The van der Waals surface area contributed by atoms with Crippen LogP contribution in [0.1, 0.15) is 15.9 Å². The minimum absolute atomic E-state index is 0.163. The van der Waals surface area contributed by atoms with Gasteiger partial charge in [-0.25, -0.2) is 0 Å². The lowest BCUT2D eigenvalue weighted by Gasteiger charge is -2.07. The van der Waals surface area contributed by atoms with Crippen LogP contribution < -0.4 is 4.74 Å². The minimum Gasteiger partial charge on any atom is -0.502 e. The van der Waals surface area contributed by atoms with Gasteiger partial charge < -0.3 is 9.84 Å². The summed E-state index contributed by atoms with van der Waals surface area (Å²) < 4.78 is 4.86. The number of nitro benzene ring substituents is 1. The van der Waals surface area contributed by atoms with E-state index < -0.39 is 16.4 Å². The maximum Gasteiger partial charge on any atom is 0.318 e. The van der Waals surface area contributed by atoms with Crippen LogP contribution in [-0.2, 0) is 0 Å². The van der Waals surface area contributed by atoms with Crippen LogP contribution in [-0.4, -0.2) is 23.4 Å². The number of carbonyl (C=O) groups is 1. The second-order valence-electron chi connectivity index (χ2n) is 2.87. The zero-order chi connectivity index (χ0) is 11.6. The fraction of sp³-hybridized carbons (Fsp3) is 0.222. The summed E-state index contributed by atoms with van der Waals surface area (Å²) in [6, 6.07) is 1.25. The van der Waals surface area contributed by atoms with Gasteiger partial charge in [-0.1, -0.05) is 0 Å². The SMILES string of the molecule is COc1cc(C=O)c(O)c([N+](=O)[O-])c1C. The van der Waals surface area contributed by atoms with Gasteiger partial charge in [-0.2, -0.15) is 0 Å². The molecule has 15 heavy (non-hydrogen) atoms. The Morgan fingerprint density at radius 2 is 2.20 bits per heavy atom. The maximum absolute atomic E-state index is 10.7. The van der Waals surface area contributed by atoms with E-state index in [0.29, 0.717) is 6.29 Å². The van der Waals surface area contributed by atoms with E-state index in [1.165, 1.54) is 20.1 Å². The molecular formula is C9H9NO5. The van der Waals surface area contributed by atoms with Gasteiger partial charge in [0.2, 0.25) is 5.75 Å². The lowest BCUT2D eigenvalue weighted by atomic mass is 10.1. The third kappa shape index (κ3) is 1.74. The van der Waals surface area contributed by atoms with Crippen molar-refractivity contribution in [3.63, 3.8) is 0 Å². The highest BCUT2D eigenvalue weighted by Crippen LogP contribution is 2.38. The Balaban J connectivity index is 3.60. The van der Waals surface area contributed by atoms with Crippen molar-refractivity contribution >= 4 is 12.0 Å². The average molecular weight is 211 g/mol. The quantitative estimate of drug-likeness (QED) is 0.464. The Labute approximate surface area is 85.2 Å². The highest BCUT2D eigenvalue weighted by Gasteiger charge is 2.24. The van der Waals surface area contributed by atoms with Gasteiger partial charge in [0.15, 0.2) is 6.29 Å². The monoisotopic (exact) mass is 211 g/mol. The molecule has 6 heteroatoms. The Bertz CT molecular complexity index is 427. The van der Waals surface area contributed by atoms with E-state index >= 15 is 0 Å². The summed E-state index contributed by atoms with van der Waals surface area (Å²) in [5, 5.41) is 20.1. The van der Waals surface area contributed by atoms with E-state index in [9.17, 15) is 20.0 Å². The molecule has 0 bridgehead atoms. The predicted octanol–water partition coefficient (Wildman–Crippen LogP) is 1.43. The van der Waals surface area contributed by atoms with Crippen molar-refractivity contribution in [1.82, 2.24) is 0 Å². The largest absolute Gasteiger partial charge is 0.502 e. The normalized spacial score (nSPS) is 9.73. The zero-order valence-electron chi connectivity index (χ0n) is 8.18. The lowest BCUT2D eigenvalue weighted by Crippen LogP contribution is -1.98. The molecule has 0 atom stereocenters. The van der Waals surface area contributed by atoms with E-state index in [4.69, 9.17) is 4.74 Å². The van der Waals surface area contributed by atoms with Crippen molar-refractivity contribution < 1.29 is 19.6 Å². The lowest BCUT2D eigenvalue weighted by molar-refractivity contribution is -0.386. The molecule has 0 aliphatic heterocycles. The van der Waals surface area contributed by atoms with Crippen LogP contribution in [0.3, 0.4) is 0 Å². The number of phenolic OH excluding ortho intramolecular Hbond substituents is 1. The van der Waals surface area contributed by atoms with Crippen LogP contribution >= 0.6 is 0 Å². The number of nitrogens with zero attached hydrogens (tertiary/aromatic N) is 1. The molecule has 0 aromatic heterocycles.